The normalized spacial score (nSPS) is 11.4. The second-order valence-electron chi connectivity index (χ2n) is 6.65. The molecule has 3 aromatic rings. The molecule has 0 saturated carbocycles. The number of urea groups is 1. The standard InChI is InChI=1S/C19H20N4O5S3/c20-31(27,28)14-7-4-12(5-8-14)21-18(26)23(10-2-1-3-17(24)25)13-6-9-15-16(11-13)30-19(29)22-15/h4-9,11H,1-3,10H2,(H,21,26)(H,22,29)(H,24,25)(H2,20,27,28). The lowest BCUT2D eigenvalue weighted by Crippen LogP contribution is -2.35. The first kappa shape index (κ1) is 23.0. The van der Waals surface area contributed by atoms with Crippen molar-refractivity contribution < 1.29 is 23.1 Å². The number of hydrogen-bond acceptors (Lipinski definition) is 7. The molecule has 0 atom stereocenters. The fraction of sp³-hybridized carbons (Fsp3) is 0.211. The van der Waals surface area contributed by atoms with E-state index in [0.717, 1.165) is 10.2 Å². The van der Waals surface area contributed by atoms with Crippen LogP contribution in [0, 0.1) is 0 Å². The Morgan fingerprint density at radius 2 is 1.87 bits per heavy atom. The molecule has 0 spiro atoms. The molecule has 0 aliphatic rings. The van der Waals surface area contributed by atoms with Gasteiger partial charge in [0.05, 0.1) is 15.1 Å². The predicted molar refractivity (Wildman–Crippen MR) is 123 cm³/mol. The van der Waals surface area contributed by atoms with E-state index in [1.165, 1.54) is 40.5 Å². The van der Waals surface area contributed by atoms with Crippen molar-refractivity contribution in [1.29, 1.82) is 0 Å². The summed E-state index contributed by atoms with van der Waals surface area (Å²) in [5.41, 5.74) is 1.78. The number of aromatic nitrogens is 1. The van der Waals surface area contributed by atoms with Crippen molar-refractivity contribution in [3.63, 3.8) is 0 Å². The van der Waals surface area contributed by atoms with Crippen molar-refractivity contribution in [3.05, 3.63) is 42.5 Å². The summed E-state index contributed by atoms with van der Waals surface area (Å²) in [7, 11) is -3.83. The van der Waals surface area contributed by atoms with Gasteiger partial charge in [0.2, 0.25) is 10.0 Å². The molecule has 2 aromatic carbocycles. The van der Waals surface area contributed by atoms with Crippen LogP contribution in [0.2, 0.25) is 0 Å². The fourth-order valence-electron chi connectivity index (χ4n) is 2.88. The number of rotatable bonds is 8. The van der Waals surface area contributed by atoms with Crippen LogP contribution >= 0.6 is 24.0 Å². The molecular weight excluding hydrogens is 460 g/mol. The predicted octanol–water partition coefficient (Wildman–Crippen LogP) is 3.53. The van der Waals surface area contributed by atoms with Crippen molar-refractivity contribution >= 4 is 67.6 Å². The van der Waals surface area contributed by atoms with Crippen LogP contribution in [0.15, 0.2) is 51.7 Å². The number of carboxylic acid groups (broad SMARTS) is 1. The first-order chi connectivity index (χ1) is 14.6. The summed E-state index contributed by atoms with van der Waals surface area (Å²) in [6.07, 6.45) is 0.926. The van der Waals surface area contributed by atoms with Crippen molar-refractivity contribution in [2.45, 2.75) is 28.5 Å². The smallest absolute Gasteiger partial charge is 0.326 e. The number of carbonyl (C=O) groups excluding carboxylic acids is 1. The van der Waals surface area contributed by atoms with Crippen LogP contribution in [0.1, 0.15) is 19.3 Å². The average molecular weight is 481 g/mol. The zero-order valence-corrected chi connectivity index (χ0v) is 18.7. The molecule has 0 fully saturated rings. The number of benzene rings is 2. The number of thiol groups is 1. The van der Waals surface area contributed by atoms with E-state index in [-0.39, 0.29) is 11.3 Å². The number of nitrogens with one attached hydrogen (secondary N) is 1. The third-order valence-corrected chi connectivity index (χ3v) is 6.50. The van der Waals surface area contributed by atoms with E-state index in [1.807, 2.05) is 6.07 Å². The minimum atomic E-state index is -3.83. The number of unbranched alkanes of at least 4 members (excludes halogenated alkanes) is 1. The lowest BCUT2D eigenvalue weighted by atomic mass is 10.2. The molecule has 2 amide bonds. The summed E-state index contributed by atoms with van der Waals surface area (Å²) in [5.74, 6) is -0.890. The number of amides is 2. The number of aliphatic carboxylic acids is 1. The molecule has 1 aromatic heterocycles. The largest absolute Gasteiger partial charge is 0.481 e. The highest BCUT2D eigenvalue weighted by molar-refractivity contribution is 7.89. The lowest BCUT2D eigenvalue weighted by molar-refractivity contribution is -0.137. The molecular formula is C19H20N4O5S3. The van der Waals surface area contributed by atoms with Crippen molar-refractivity contribution in [2.24, 2.45) is 5.14 Å². The first-order valence-corrected chi connectivity index (χ1v) is 12.0. The van der Waals surface area contributed by atoms with Crippen LogP contribution in [0.4, 0.5) is 16.2 Å². The number of carboxylic acids is 1. The number of primary sulfonamides is 1. The summed E-state index contributed by atoms with van der Waals surface area (Å²) in [6.45, 7) is 0.298. The van der Waals surface area contributed by atoms with Gasteiger partial charge in [-0.05, 0) is 55.3 Å². The van der Waals surface area contributed by atoms with Crippen LogP contribution in [-0.2, 0) is 14.8 Å². The average Bonchev–Trinajstić information content (AvgIpc) is 3.06. The molecule has 0 unspecified atom stereocenters. The fourth-order valence-corrected chi connectivity index (χ4v) is 4.54. The number of fused-ring (bicyclic) bond motifs is 1. The van der Waals surface area contributed by atoms with Crippen LogP contribution in [0.25, 0.3) is 10.2 Å². The molecule has 0 aliphatic carbocycles. The van der Waals surface area contributed by atoms with Gasteiger partial charge in [0, 0.05) is 24.3 Å². The number of nitrogens with two attached hydrogens (primary N) is 1. The molecule has 31 heavy (non-hydrogen) atoms. The lowest BCUT2D eigenvalue weighted by Gasteiger charge is -2.23. The molecule has 0 bridgehead atoms. The number of anilines is 2. The Morgan fingerprint density at radius 1 is 1.16 bits per heavy atom. The van der Waals surface area contributed by atoms with Crippen LogP contribution < -0.4 is 15.4 Å². The summed E-state index contributed by atoms with van der Waals surface area (Å²) in [6, 6.07) is 10.4. The number of hydrogen-bond donors (Lipinski definition) is 4. The van der Waals surface area contributed by atoms with Crippen molar-refractivity contribution in [2.75, 3.05) is 16.8 Å². The van der Waals surface area contributed by atoms with Crippen LogP contribution in [0.5, 0.6) is 0 Å². The molecule has 12 heteroatoms. The Hall–Kier alpha value is -2.67. The van der Waals surface area contributed by atoms with Gasteiger partial charge in [0.1, 0.15) is 4.34 Å². The second kappa shape index (κ2) is 9.64. The van der Waals surface area contributed by atoms with Crippen molar-refractivity contribution in [3.8, 4) is 0 Å². The summed E-state index contributed by atoms with van der Waals surface area (Å²) in [4.78, 5) is 29.5. The highest BCUT2D eigenvalue weighted by Crippen LogP contribution is 2.29. The van der Waals surface area contributed by atoms with E-state index < -0.39 is 22.0 Å². The van der Waals surface area contributed by atoms with E-state index >= 15 is 0 Å². The SMILES string of the molecule is NS(=O)(=O)c1ccc(NC(=O)N(CCCCC(=O)O)c2ccc3nc(S)sc3c2)cc1. The van der Waals surface area contributed by atoms with Crippen LogP contribution in [0.3, 0.4) is 0 Å². The van der Waals surface area contributed by atoms with Gasteiger partial charge in [-0.15, -0.1) is 24.0 Å². The highest BCUT2D eigenvalue weighted by Gasteiger charge is 2.18. The zero-order valence-electron chi connectivity index (χ0n) is 16.2. The second-order valence-corrected chi connectivity index (χ2v) is 9.97. The van der Waals surface area contributed by atoms with E-state index in [4.69, 9.17) is 10.2 Å². The maximum Gasteiger partial charge on any atom is 0.326 e. The molecule has 0 aliphatic heterocycles. The first-order valence-electron chi connectivity index (χ1n) is 9.16. The molecule has 0 saturated heterocycles. The molecule has 3 rings (SSSR count). The Kier molecular flexibility index (Phi) is 7.15. The minimum Gasteiger partial charge on any atom is -0.481 e. The van der Waals surface area contributed by atoms with Gasteiger partial charge >= 0.3 is 12.0 Å². The van der Waals surface area contributed by atoms with Gasteiger partial charge < -0.3 is 10.4 Å². The van der Waals surface area contributed by atoms with Gasteiger partial charge in [0.25, 0.3) is 0 Å². The molecule has 9 nitrogen and oxygen atoms in total. The summed E-state index contributed by atoms with van der Waals surface area (Å²) < 4.78 is 24.3. The molecule has 1 heterocycles. The van der Waals surface area contributed by atoms with Gasteiger partial charge in [-0.1, -0.05) is 0 Å². The van der Waals surface area contributed by atoms with Gasteiger partial charge in [-0.3, -0.25) is 9.69 Å². The summed E-state index contributed by atoms with van der Waals surface area (Å²) in [5, 5.41) is 16.7. The zero-order chi connectivity index (χ0) is 22.6. The quantitative estimate of drug-likeness (QED) is 0.287. The Morgan fingerprint density at radius 3 is 2.52 bits per heavy atom. The Labute approximate surface area is 188 Å². The highest BCUT2D eigenvalue weighted by atomic mass is 32.2. The van der Waals surface area contributed by atoms with Gasteiger partial charge in [-0.25, -0.2) is 23.3 Å². The van der Waals surface area contributed by atoms with E-state index in [1.54, 1.807) is 12.1 Å². The third-order valence-electron chi connectivity index (χ3n) is 4.37. The monoisotopic (exact) mass is 480 g/mol. The number of carbonyl (C=O) groups is 2. The number of sulfonamides is 1. The maximum atomic E-state index is 13.0. The molecule has 4 N–H and O–H groups in total. The third kappa shape index (κ3) is 6.17. The molecule has 164 valence electrons. The maximum absolute atomic E-state index is 13.0. The van der Waals surface area contributed by atoms with Crippen LogP contribution in [-0.4, -0.2) is 37.1 Å². The van der Waals surface area contributed by atoms with E-state index in [0.29, 0.717) is 35.1 Å². The topological polar surface area (TPSA) is 143 Å². The van der Waals surface area contributed by atoms with Crippen molar-refractivity contribution in [1.82, 2.24) is 4.98 Å². The molecule has 0 radical (unpaired) electrons. The Balaban J connectivity index is 1.81. The van der Waals surface area contributed by atoms with E-state index in [2.05, 4.69) is 22.9 Å². The van der Waals surface area contributed by atoms with Gasteiger partial charge in [-0.2, -0.15) is 0 Å². The number of thiazole rings is 1. The minimum absolute atomic E-state index is 0.0153. The summed E-state index contributed by atoms with van der Waals surface area (Å²) >= 11 is 5.64. The van der Waals surface area contributed by atoms with Gasteiger partial charge in [0.15, 0.2) is 0 Å². The number of nitrogens with zero attached hydrogens (tertiary/aromatic N) is 2. The van der Waals surface area contributed by atoms with E-state index in [9.17, 15) is 18.0 Å². The Bertz CT molecular complexity index is 1210.